The van der Waals surface area contributed by atoms with Gasteiger partial charge in [0.15, 0.2) is 11.5 Å². The zero-order chi connectivity index (χ0) is 29.5. The molecule has 4 aromatic rings. The van der Waals surface area contributed by atoms with Gasteiger partial charge in [0.2, 0.25) is 0 Å². The van der Waals surface area contributed by atoms with Crippen molar-refractivity contribution in [3.63, 3.8) is 0 Å². The van der Waals surface area contributed by atoms with Gasteiger partial charge >= 0.3 is 0 Å². The number of unbranched alkanes of at least 4 members (excludes halogenated alkanes) is 1. The van der Waals surface area contributed by atoms with Crippen LogP contribution in [0.1, 0.15) is 30.9 Å². The summed E-state index contributed by atoms with van der Waals surface area (Å²) in [5.41, 5.74) is 4.67. The van der Waals surface area contributed by atoms with Crippen LogP contribution in [0.15, 0.2) is 88.8 Å². The van der Waals surface area contributed by atoms with Crippen LogP contribution >= 0.6 is 35.7 Å². The molecule has 1 aliphatic heterocycles. The van der Waals surface area contributed by atoms with Gasteiger partial charge in [0, 0.05) is 28.8 Å². The number of carbonyl (C=O) groups is 1. The van der Waals surface area contributed by atoms with Gasteiger partial charge in [0.1, 0.15) is 4.32 Å². The van der Waals surface area contributed by atoms with Crippen LogP contribution in [0.5, 0.6) is 11.5 Å². The molecule has 2 heterocycles. The van der Waals surface area contributed by atoms with Gasteiger partial charge in [-0.2, -0.15) is 5.10 Å². The number of thiocarbonyl (C=S) groups is 1. The molecule has 6 nitrogen and oxygen atoms in total. The number of rotatable bonds is 12. The second-order valence-corrected chi connectivity index (χ2v) is 12.6. The van der Waals surface area contributed by atoms with Crippen LogP contribution in [0.2, 0.25) is 0 Å². The predicted octanol–water partition coefficient (Wildman–Crippen LogP) is 7.89. The van der Waals surface area contributed by atoms with E-state index < -0.39 is 0 Å². The lowest BCUT2D eigenvalue weighted by atomic mass is 10.1. The number of carbonyl (C=O) groups excluding carboxylic acids is 1. The zero-order valence-corrected chi connectivity index (χ0v) is 26.4. The second-order valence-electron chi connectivity index (χ2n) is 9.71. The molecular formula is C33H33N3O3S3. The van der Waals surface area contributed by atoms with Gasteiger partial charge < -0.3 is 9.47 Å². The van der Waals surface area contributed by atoms with Crippen LogP contribution < -0.4 is 9.47 Å². The number of aromatic nitrogens is 2. The first-order valence-electron chi connectivity index (χ1n) is 13.8. The molecule has 0 aliphatic carbocycles. The number of amides is 1. The first-order valence-corrected chi connectivity index (χ1v) is 16.1. The van der Waals surface area contributed by atoms with Crippen molar-refractivity contribution in [2.24, 2.45) is 0 Å². The summed E-state index contributed by atoms with van der Waals surface area (Å²) in [4.78, 5) is 17.0. The first kappa shape index (κ1) is 29.9. The molecule has 1 amide bonds. The van der Waals surface area contributed by atoms with Gasteiger partial charge in [0.25, 0.3) is 5.91 Å². The lowest BCUT2D eigenvalue weighted by Gasteiger charge is -2.15. The topological polar surface area (TPSA) is 56.6 Å². The number of thioether (sulfide) groups is 2. The molecule has 3 aromatic carbocycles. The van der Waals surface area contributed by atoms with Crippen molar-refractivity contribution in [2.75, 3.05) is 26.5 Å². The molecule has 0 spiro atoms. The number of benzene rings is 3. The van der Waals surface area contributed by atoms with E-state index in [0.29, 0.717) is 33.7 Å². The van der Waals surface area contributed by atoms with E-state index >= 15 is 0 Å². The molecule has 1 saturated heterocycles. The maximum Gasteiger partial charge on any atom is 0.266 e. The Morgan fingerprint density at radius 2 is 1.76 bits per heavy atom. The Bertz CT molecular complexity index is 1580. The average molecular weight is 616 g/mol. The van der Waals surface area contributed by atoms with Gasteiger partial charge in [-0.15, -0.1) is 11.8 Å². The summed E-state index contributed by atoms with van der Waals surface area (Å²) in [7, 11) is 3.23. The summed E-state index contributed by atoms with van der Waals surface area (Å²) in [6.45, 7) is 2.69. The highest BCUT2D eigenvalue weighted by Gasteiger charge is 2.32. The Morgan fingerprint density at radius 1 is 1.00 bits per heavy atom. The quantitative estimate of drug-likeness (QED) is 0.0695. The van der Waals surface area contributed by atoms with Gasteiger partial charge in [0.05, 0.1) is 30.5 Å². The molecule has 0 radical (unpaired) electrons. The average Bonchev–Trinajstić information content (AvgIpc) is 3.56. The van der Waals surface area contributed by atoms with Crippen molar-refractivity contribution >= 4 is 52.0 Å². The zero-order valence-electron chi connectivity index (χ0n) is 23.9. The molecule has 216 valence electrons. The minimum atomic E-state index is -0.0911. The number of nitrogens with zero attached hydrogens (tertiary/aromatic N) is 3. The van der Waals surface area contributed by atoms with Crippen molar-refractivity contribution in [3.8, 4) is 28.4 Å². The smallest absolute Gasteiger partial charge is 0.266 e. The van der Waals surface area contributed by atoms with E-state index in [1.54, 1.807) is 19.1 Å². The highest BCUT2D eigenvalue weighted by atomic mass is 32.2. The fourth-order valence-electron chi connectivity index (χ4n) is 4.58. The van der Waals surface area contributed by atoms with Crippen LogP contribution in [-0.4, -0.2) is 51.4 Å². The number of methoxy groups -OCH3 is 2. The van der Waals surface area contributed by atoms with Crippen molar-refractivity contribution in [1.29, 1.82) is 0 Å². The van der Waals surface area contributed by atoms with Gasteiger partial charge in [-0.1, -0.05) is 73.7 Å². The number of hydrogen-bond donors (Lipinski definition) is 0. The molecule has 9 heteroatoms. The summed E-state index contributed by atoms with van der Waals surface area (Å²) in [6, 6.07) is 24.3. The van der Waals surface area contributed by atoms with E-state index in [9.17, 15) is 4.79 Å². The summed E-state index contributed by atoms with van der Waals surface area (Å²) in [6.07, 6.45) is 6.92. The van der Waals surface area contributed by atoms with Gasteiger partial charge in [-0.05, 0) is 66.6 Å². The van der Waals surface area contributed by atoms with Crippen molar-refractivity contribution in [3.05, 3.63) is 95.0 Å². The summed E-state index contributed by atoms with van der Waals surface area (Å²) in [5.74, 6) is 2.35. The highest BCUT2D eigenvalue weighted by Crippen LogP contribution is 2.36. The van der Waals surface area contributed by atoms with Crippen LogP contribution in [-0.2, 0) is 11.2 Å². The molecule has 1 fully saturated rings. The van der Waals surface area contributed by atoms with Crippen LogP contribution in [0, 0.1) is 0 Å². The molecule has 0 atom stereocenters. The fourth-order valence-corrected chi connectivity index (χ4v) is 6.88. The van der Waals surface area contributed by atoms with E-state index in [4.69, 9.17) is 26.8 Å². The summed E-state index contributed by atoms with van der Waals surface area (Å²) >= 11 is 8.84. The summed E-state index contributed by atoms with van der Waals surface area (Å²) < 4.78 is 13.2. The largest absolute Gasteiger partial charge is 0.493 e. The van der Waals surface area contributed by atoms with Crippen LogP contribution in [0.25, 0.3) is 23.0 Å². The maximum absolute atomic E-state index is 13.5. The fraction of sp³-hybridized carbons (Fsp3) is 0.242. The minimum absolute atomic E-state index is 0.0911. The minimum Gasteiger partial charge on any atom is -0.493 e. The lowest BCUT2D eigenvalue weighted by Crippen LogP contribution is -2.30. The third kappa shape index (κ3) is 6.91. The molecule has 5 rings (SSSR count). The molecular weight excluding hydrogens is 583 g/mol. The third-order valence-corrected chi connectivity index (χ3v) is 9.37. The Morgan fingerprint density at radius 3 is 2.48 bits per heavy atom. The Hall–Kier alpha value is -3.53. The second kappa shape index (κ2) is 14.1. The monoisotopic (exact) mass is 615 g/mol. The number of ether oxygens (including phenoxy) is 2. The van der Waals surface area contributed by atoms with Crippen molar-refractivity contribution < 1.29 is 14.3 Å². The summed E-state index contributed by atoms with van der Waals surface area (Å²) in [5, 5.41) is 4.94. The predicted molar refractivity (Wildman–Crippen MR) is 178 cm³/mol. The molecule has 0 bridgehead atoms. The molecule has 0 N–H and O–H groups in total. The maximum atomic E-state index is 13.5. The number of para-hydroxylation sites is 1. The van der Waals surface area contributed by atoms with E-state index in [1.807, 2.05) is 77.2 Å². The first-order chi connectivity index (χ1) is 20.5. The van der Waals surface area contributed by atoms with Gasteiger partial charge in [-0.25, -0.2) is 4.68 Å². The Balaban J connectivity index is 1.39. The Kier molecular flexibility index (Phi) is 10.0. The molecule has 42 heavy (non-hydrogen) atoms. The van der Waals surface area contributed by atoms with Crippen LogP contribution in [0.3, 0.4) is 0 Å². The van der Waals surface area contributed by atoms with E-state index in [-0.39, 0.29) is 5.91 Å². The SMILES string of the molecule is CCCCSc1ccc(-c2nn(-c3ccccc3)cc2/C=C2\SC(=S)N(CCc3ccc(OC)c(OC)c3)C2=O)cc1. The molecule has 1 aromatic heterocycles. The van der Waals surface area contributed by atoms with Gasteiger partial charge in [-0.3, -0.25) is 9.69 Å². The van der Waals surface area contributed by atoms with Crippen molar-refractivity contribution in [1.82, 2.24) is 14.7 Å². The molecule has 0 saturated carbocycles. The van der Waals surface area contributed by atoms with E-state index in [0.717, 1.165) is 33.8 Å². The third-order valence-electron chi connectivity index (χ3n) is 6.89. The highest BCUT2D eigenvalue weighted by molar-refractivity contribution is 8.26. The number of hydrogen-bond acceptors (Lipinski definition) is 7. The molecule has 0 unspecified atom stereocenters. The van der Waals surface area contributed by atoms with E-state index in [1.165, 1.54) is 29.5 Å². The normalized spacial score (nSPS) is 14.2. The van der Waals surface area contributed by atoms with Crippen molar-refractivity contribution in [2.45, 2.75) is 31.1 Å². The lowest BCUT2D eigenvalue weighted by molar-refractivity contribution is -0.122. The molecule has 1 aliphatic rings. The Labute approximate surface area is 261 Å². The van der Waals surface area contributed by atoms with E-state index in [2.05, 4.69) is 31.2 Å². The van der Waals surface area contributed by atoms with Crippen LogP contribution in [0.4, 0.5) is 0 Å². The standard InChI is InChI=1S/C33H33N3O3S3/c1-4-5-19-41-27-14-12-24(13-15-27)31-25(22-36(34-31)26-9-7-6-8-10-26)21-30-32(37)35(33(40)42-30)18-17-23-11-16-28(38-2)29(20-23)39-3/h6-16,20-22H,4-5,17-19H2,1-3H3/b30-21-.